The SMILES string of the molecule is COc1ccc(Cl)c(NC(C)=O)c1Cl. The van der Waals surface area contributed by atoms with Crippen molar-refractivity contribution < 1.29 is 9.53 Å². The number of ether oxygens (including phenoxy) is 1. The Labute approximate surface area is 92.0 Å². The van der Waals surface area contributed by atoms with E-state index in [2.05, 4.69) is 5.32 Å². The van der Waals surface area contributed by atoms with Crippen LogP contribution in [0.1, 0.15) is 6.92 Å². The number of benzene rings is 1. The van der Waals surface area contributed by atoms with Crippen LogP contribution >= 0.6 is 23.2 Å². The average molecular weight is 234 g/mol. The highest BCUT2D eigenvalue weighted by Gasteiger charge is 2.11. The van der Waals surface area contributed by atoms with Gasteiger partial charge in [-0.15, -0.1) is 0 Å². The molecule has 0 saturated carbocycles. The molecule has 76 valence electrons. The third-order valence-electron chi connectivity index (χ3n) is 1.58. The highest BCUT2D eigenvalue weighted by Crippen LogP contribution is 2.37. The topological polar surface area (TPSA) is 38.3 Å². The summed E-state index contributed by atoms with van der Waals surface area (Å²) in [7, 11) is 1.49. The molecule has 0 aliphatic rings. The summed E-state index contributed by atoms with van der Waals surface area (Å²) in [6.45, 7) is 1.38. The van der Waals surface area contributed by atoms with E-state index in [9.17, 15) is 4.79 Å². The van der Waals surface area contributed by atoms with Crippen LogP contribution in [0.4, 0.5) is 5.69 Å². The van der Waals surface area contributed by atoms with E-state index in [4.69, 9.17) is 27.9 Å². The van der Waals surface area contributed by atoms with Crippen LogP contribution in [-0.2, 0) is 4.79 Å². The van der Waals surface area contributed by atoms with E-state index in [0.29, 0.717) is 21.5 Å². The third-order valence-corrected chi connectivity index (χ3v) is 2.27. The van der Waals surface area contributed by atoms with Gasteiger partial charge in [-0.25, -0.2) is 0 Å². The molecule has 0 atom stereocenters. The maximum atomic E-state index is 10.8. The fourth-order valence-electron chi connectivity index (χ4n) is 0.982. The van der Waals surface area contributed by atoms with Gasteiger partial charge in [0.15, 0.2) is 0 Å². The molecule has 0 unspecified atom stereocenters. The fourth-order valence-corrected chi connectivity index (χ4v) is 1.52. The fraction of sp³-hybridized carbons (Fsp3) is 0.222. The molecule has 0 aliphatic heterocycles. The van der Waals surface area contributed by atoms with Crippen LogP contribution in [0.25, 0.3) is 0 Å². The first-order valence-corrected chi connectivity index (χ1v) is 4.61. The number of anilines is 1. The number of rotatable bonds is 2. The minimum Gasteiger partial charge on any atom is -0.495 e. The van der Waals surface area contributed by atoms with Gasteiger partial charge in [0.05, 0.1) is 17.8 Å². The molecule has 0 aromatic heterocycles. The Kier molecular flexibility index (Phi) is 3.61. The summed E-state index contributed by atoms with van der Waals surface area (Å²) in [4.78, 5) is 10.8. The van der Waals surface area contributed by atoms with Gasteiger partial charge >= 0.3 is 0 Å². The second-order valence-electron chi connectivity index (χ2n) is 2.62. The molecule has 0 bridgehead atoms. The van der Waals surface area contributed by atoms with Gasteiger partial charge in [-0.1, -0.05) is 23.2 Å². The molecule has 1 rings (SSSR count). The molecule has 1 aromatic carbocycles. The molecule has 0 spiro atoms. The summed E-state index contributed by atoms with van der Waals surface area (Å²) in [5.74, 6) is 0.238. The summed E-state index contributed by atoms with van der Waals surface area (Å²) in [6, 6.07) is 3.24. The minimum atomic E-state index is -0.234. The molecular formula is C9H9Cl2NO2. The van der Waals surface area contributed by atoms with E-state index in [1.165, 1.54) is 14.0 Å². The number of hydrogen-bond donors (Lipinski definition) is 1. The number of carbonyl (C=O) groups excluding carboxylic acids is 1. The first kappa shape index (κ1) is 11.1. The maximum Gasteiger partial charge on any atom is 0.221 e. The van der Waals surface area contributed by atoms with Crippen LogP contribution in [-0.4, -0.2) is 13.0 Å². The molecule has 0 saturated heterocycles. The van der Waals surface area contributed by atoms with Crippen LogP contribution in [0.15, 0.2) is 12.1 Å². The molecule has 5 heteroatoms. The van der Waals surface area contributed by atoms with Gasteiger partial charge in [0.25, 0.3) is 0 Å². The number of nitrogens with one attached hydrogen (secondary N) is 1. The number of amides is 1. The molecule has 14 heavy (non-hydrogen) atoms. The Hall–Kier alpha value is -0.930. The van der Waals surface area contributed by atoms with Gasteiger partial charge in [0.2, 0.25) is 5.91 Å². The van der Waals surface area contributed by atoms with Gasteiger partial charge in [-0.2, -0.15) is 0 Å². The predicted molar refractivity (Wildman–Crippen MR) is 57.3 cm³/mol. The van der Waals surface area contributed by atoms with Crippen molar-refractivity contribution in [3.8, 4) is 5.75 Å². The third kappa shape index (κ3) is 2.30. The predicted octanol–water partition coefficient (Wildman–Crippen LogP) is 2.96. The van der Waals surface area contributed by atoms with E-state index >= 15 is 0 Å². The van der Waals surface area contributed by atoms with Crippen molar-refractivity contribution in [2.45, 2.75) is 6.92 Å². The Balaban J connectivity index is 3.18. The summed E-state index contributed by atoms with van der Waals surface area (Å²) in [5, 5.41) is 3.21. The average Bonchev–Trinajstić information content (AvgIpc) is 2.12. The van der Waals surface area contributed by atoms with Gasteiger partial charge < -0.3 is 10.1 Å². The van der Waals surface area contributed by atoms with Crippen LogP contribution in [0, 0.1) is 0 Å². The van der Waals surface area contributed by atoms with Gasteiger partial charge in [0.1, 0.15) is 10.8 Å². The van der Waals surface area contributed by atoms with Crippen molar-refractivity contribution in [3.63, 3.8) is 0 Å². The first-order valence-electron chi connectivity index (χ1n) is 3.86. The van der Waals surface area contributed by atoms with Crippen molar-refractivity contribution in [1.82, 2.24) is 0 Å². The van der Waals surface area contributed by atoms with E-state index in [0.717, 1.165) is 0 Å². The quantitative estimate of drug-likeness (QED) is 0.854. The molecule has 3 nitrogen and oxygen atoms in total. The molecule has 1 N–H and O–H groups in total. The molecule has 0 radical (unpaired) electrons. The molecule has 1 aromatic rings. The summed E-state index contributed by atoms with van der Waals surface area (Å²) < 4.78 is 4.98. The first-order chi connectivity index (χ1) is 6.56. The number of carbonyl (C=O) groups is 1. The van der Waals surface area contributed by atoms with Crippen LogP contribution in [0.2, 0.25) is 10.0 Å². The van der Waals surface area contributed by atoms with E-state index in [-0.39, 0.29) is 5.91 Å². The standard InChI is InChI=1S/C9H9Cl2NO2/c1-5(13)12-9-6(10)3-4-7(14-2)8(9)11/h3-4H,1-2H3,(H,12,13). The molecule has 0 aliphatic carbocycles. The maximum absolute atomic E-state index is 10.8. The Bertz CT molecular complexity index is 366. The zero-order valence-electron chi connectivity index (χ0n) is 7.73. The molecule has 0 heterocycles. The Morgan fingerprint density at radius 3 is 2.57 bits per heavy atom. The van der Waals surface area contributed by atoms with Crippen LogP contribution < -0.4 is 10.1 Å². The second kappa shape index (κ2) is 4.53. The summed E-state index contributed by atoms with van der Waals surface area (Å²) in [5.41, 5.74) is 0.375. The second-order valence-corrected chi connectivity index (χ2v) is 3.40. The van der Waals surface area contributed by atoms with Gasteiger partial charge in [0, 0.05) is 6.92 Å². The summed E-state index contributed by atoms with van der Waals surface area (Å²) in [6.07, 6.45) is 0. The zero-order chi connectivity index (χ0) is 10.7. The van der Waals surface area contributed by atoms with Crippen LogP contribution in [0.5, 0.6) is 5.75 Å². The normalized spacial score (nSPS) is 9.71. The van der Waals surface area contributed by atoms with E-state index in [1.807, 2.05) is 0 Å². The van der Waals surface area contributed by atoms with Crippen molar-refractivity contribution in [2.24, 2.45) is 0 Å². The summed E-state index contributed by atoms with van der Waals surface area (Å²) >= 11 is 11.8. The smallest absolute Gasteiger partial charge is 0.221 e. The van der Waals surface area contributed by atoms with E-state index < -0.39 is 0 Å². The number of halogens is 2. The minimum absolute atomic E-state index is 0.234. The lowest BCUT2D eigenvalue weighted by atomic mass is 10.3. The Morgan fingerprint density at radius 2 is 2.07 bits per heavy atom. The molecule has 1 amide bonds. The lowest BCUT2D eigenvalue weighted by Gasteiger charge is -2.10. The van der Waals surface area contributed by atoms with Crippen molar-refractivity contribution in [2.75, 3.05) is 12.4 Å². The zero-order valence-corrected chi connectivity index (χ0v) is 9.24. The number of methoxy groups -OCH3 is 1. The van der Waals surface area contributed by atoms with Crippen molar-refractivity contribution in [3.05, 3.63) is 22.2 Å². The van der Waals surface area contributed by atoms with E-state index in [1.54, 1.807) is 12.1 Å². The Morgan fingerprint density at radius 1 is 1.43 bits per heavy atom. The van der Waals surface area contributed by atoms with Gasteiger partial charge in [-0.05, 0) is 12.1 Å². The monoisotopic (exact) mass is 233 g/mol. The largest absolute Gasteiger partial charge is 0.495 e. The number of hydrogen-bond acceptors (Lipinski definition) is 2. The lowest BCUT2D eigenvalue weighted by Crippen LogP contribution is -2.07. The van der Waals surface area contributed by atoms with Crippen LogP contribution in [0.3, 0.4) is 0 Å². The lowest BCUT2D eigenvalue weighted by molar-refractivity contribution is -0.114. The van der Waals surface area contributed by atoms with Crippen molar-refractivity contribution in [1.29, 1.82) is 0 Å². The highest BCUT2D eigenvalue weighted by molar-refractivity contribution is 6.40. The van der Waals surface area contributed by atoms with Crippen molar-refractivity contribution >= 4 is 34.8 Å². The molecule has 0 fully saturated rings. The highest BCUT2D eigenvalue weighted by atomic mass is 35.5. The molecular weight excluding hydrogens is 225 g/mol. The van der Waals surface area contributed by atoms with Gasteiger partial charge in [-0.3, -0.25) is 4.79 Å².